The van der Waals surface area contributed by atoms with Gasteiger partial charge in [-0.05, 0) is 31.5 Å². The molecule has 5 nitrogen and oxygen atoms in total. The lowest BCUT2D eigenvalue weighted by atomic mass is 10.0. The van der Waals surface area contributed by atoms with E-state index in [0.717, 1.165) is 25.8 Å². The molecule has 0 bridgehead atoms. The molecule has 0 aromatic heterocycles. The normalized spacial score (nSPS) is 19.0. The van der Waals surface area contributed by atoms with Gasteiger partial charge in [0.05, 0.1) is 17.9 Å². The van der Waals surface area contributed by atoms with Crippen molar-refractivity contribution in [1.29, 1.82) is 5.26 Å². The maximum Gasteiger partial charge on any atom is 0.225 e. The number of carbonyl (C=O) groups is 1. The SMILES string of the molecule is N#Cc1ccccc1NC(=O)CCN1CCCCC1CO. The number of piperidine rings is 1. The number of likely N-dealkylation sites (tertiary alicyclic amines) is 1. The second kappa shape index (κ2) is 7.77. The molecule has 21 heavy (non-hydrogen) atoms. The first-order chi connectivity index (χ1) is 10.2. The number of carbonyl (C=O) groups excluding carboxylic acids is 1. The van der Waals surface area contributed by atoms with Crippen molar-refractivity contribution in [1.82, 2.24) is 4.90 Å². The smallest absolute Gasteiger partial charge is 0.225 e. The van der Waals surface area contributed by atoms with Crippen LogP contribution in [0.1, 0.15) is 31.2 Å². The van der Waals surface area contributed by atoms with Gasteiger partial charge in [-0.3, -0.25) is 9.69 Å². The van der Waals surface area contributed by atoms with E-state index >= 15 is 0 Å². The molecular weight excluding hydrogens is 266 g/mol. The summed E-state index contributed by atoms with van der Waals surface area (Å²) in [5.41, 5.74) is 1.03. The number of para-hydroxylation sites is 1. The van der Waals surface area contributed by atoms with E-state index in [2.05, 4.69) is 16.3 Å². The molecule has 1 fully saturated rings. The quantitative estimate of drug-likeness (QED) is 0.864. The van der Waals surface area contributed by atoms with Crippen molar-refractivity contribution in [2.75, 3.05) is 25.0 Å². The Hall–Kier alpha value is -1.90. The van der Waals surface area contributed by atoms with E-state index in [1.165, 1.54) is 0 Å². The van der Waals surface area contributed by atoms with E-state index in [0.29, 0.717) is 24.2 Å². The number of nitriles is 1. The maximum absolute atomic E-state index is 12.0. The Labute approximate surface area is 125 Å². The average Bonchev–Trinajstić information content (AvgIpc) is 2.53. The predicted octanol–water partition coefficient (Wildman–Crippen LogP) is 1.73. The molecule has 112 valence electrons. The van der Waals surface area contributed by atoms with Crippen LogP contribution in [0.2, 0.25) is 0 Å². The van der Waals surface area contributed by atoms with Crippen LogP contribution in [-0.4, -0.2) is 41.7 Å². The number of benzene rings is 1. The first-order valence-corrected chi connectivity index (χ1v) is 7.38. The number of aliphatic hydroxyl groups is 1. The van der Waals surface area contributed by atoms with Crippen molar-refractivity contribution in [3.05, 3.63) is 29.8 Å². The summed E-state index contributed by atoms with van der Waals surface area (Å²) in [7, 11) is 0. The summed E-state index contributed by atoms with van der Waals surface area (Å²) in [5.74, 6) is -0.0973. The molecule has 1 unspecified atom stereocenters. The largest absolute Gasteiger partial charge is 0.395 e. The molecule has 1 saturated heterocycles. The molecule has 0 aliphatic carbocycles. The third kappa shape index (κ3) is 4.28. The number of amides is 1. The Morgan fingerprint density at radius 2 is 2.24 bits per heavy atom. The van der Waals surface area contributed by atoms with Gasteiger partial charge in [0.2, 0.25) is 5.91 Å². The van der Waals surface area contributed by atoms with E-state index < -0.39 is 0 Å². The fourth-order valence-electron chi connectivity index (χ4n) is 2.71. The van der Waals surface area contributed by atoms with E-state index in [9.17, 15) is 9.90 Å². The van der Waals surface area contributed by atoms with Gasteiger partial charge in [-0.25, -0.2) is 0 Å². The number of anilines is 1. The zero-order valence-corrected chi connectivity index (χ0v) is 12.1. The lowest BCUT2D eigenvalue weighted by Crippen LogP contribution is -2.43. The highest BCUT2D eigenvalue weighted by Crippen LogP contribution is 2.17. The predicted molar refractivity (Wildman–Crippen MR) is 80.7 cm³/mol. The van der Waals surface area contributed by atoms with E-state index in [-0.39, 0.29) is 18.6 Å². The van der Waals surface area contributed by atoms with E-state index in [1.54, 1.807) is 24.3 Å². The summed E-state index contributed by atoms with van der Waals surface area (Å²) in [6, 6.07) is 9.22. The molecule has 5 heteroatoms. The van der Waals surface area contributed by atoms with E-state index in [1.807, 2.05) is 0 Å². The third-order valence-electron chi connectivity index (χ3n) is 3.91. The molecule has 1 aliphatic rings. The van der Waals surface area contributed by atoms with Gasteiger partial charge in [0.25, 0.3) is 0 Å². The average molecular weight is 287 g/mol. The summed E-state index contributed by atoms with van der Waals surface area (Å²) >= 11 is 0. The van der Waals surface area contributed by atoms with Crippen LogP contribution in [0.5, 0.6) is 0 Å². The molecule has 1 heterocycles. The number of hydrogen-bond acceptors (Lipinski definition) is 4. The zero-order chi connectivity index (χ0) is 15.1. The van der Waals surface area contributed by atoms with Gasteiger partial charge in [-0.15, -0.1) is 0 Å². The Morgan fingerprint density at radius 1 is 1.43 bits per heavy atom. The zero-order valence-electron chi connectivity index (χ0n) is 12.1. The van der Waals surface area contributed by atoms with Crippen LogP contribution in [0.4, 0.5) is 5.69 Å². The van der Waals surface area contributed by atoms with Crippen molar-refractivity contribution in [3.8, 4) is 6.07 Å². The molecule has 2 rings (SSSR count). The standard InChI is InChI=1S/C16H21N3O2/c17-11-13-5-1-2-7-15(13)18-16(21)8-10-19-9-4-3-6-14(19)12-20/h1-2,5,7,14,20H,3-4,6,8-10,12H2,(H,18,21). The number of nitrogens with zero attached hydrogens (tertiary/aromatic N) is 2. The van der Waals surface area contributed by atoms with Gasteiger partial charge in [0, 0.05) is 19.0 Å². The minimum Gasteiger partial charge on any atom is -0.395 e. The number of aliphatic hydroxyl groups excluding tert-OH is 1. The Kier molecular flexibility index (Phi) is 5.73. The van der Waals surface area contributed by atoms with Crippen LogP contribution in [0.3, 0.4) is 0 Å². The molecule has 0 saturated carbocycles. The highest BCUT2D eigenvalue weighted by molar-refractivity contribution is 5.92. The van der Waals surface area contributed by atoms with Crippen molar-refractivity contribution in [3.63, 3.8) is 0 Å². The van der Waals surface area contributed by atoms with Gasteiger partial charge in [0.1, 0.15) is 6.07 Å². The second-order valence-corrected chi connectivity index (χ2v) is 5.32. The molecule has 0 spiro atoms. The minimum atomic E-state index is -0.0973. The summed E-state index contributed by atoms with van der Waals surface area (Å²) in [4.78, 5) is 14.2. The van der Waals surface area contributed by atoms with Crippen LogP contribution in [0.25, 0.3) is 0 Å². The second-order valence-electron chi connectivity index (χ2n) is 5.32. The first kappa shape index (κ1) is 15.5. The monoisotopic (exact) mass is 287 g/mol. The molecule has 1 aromatic rings. The highest BCUT2D eigenvalue weighted by Gasteiger charge is 2.21. The van der Waals surface area contributed by atoms with Gasteiger partial charge in [-0.1, -0.05) is 18.6 Å². The van der Waals surface area contributed by atoms with Crippen LogP contribution >= 0.6 is 0 Å². The van der Waals surface area contributed by atoms with Crippen LogP contribution in [-0.2, 0) is 4.79 Å². The van der Waals surface area contributed by atoms with Crippen LogP contribution < -0.4 is 5.32 Å². The van der Waals surface area contributed by atoms with Crippen molar-refractivity contribution < 1.29 is 9.90 Å². The summed E-state index contributed by atoms with van der Waals surface area (Å²) < 4.78 is 0. The van der Waals surface area contributed by atoms with Crippen molar-refractivity contribution >= 4 is 11.6 Å². The number of hydrogen-bond donors (Lipinski definition) is 2. The molecule has 0 radical (unpaired) electrons. The van der Waals surface area contributed by atoms with Crippen LogP contribution in [0.15, 0.2) is 24.3 Å². The van der Waals surface area contributed by atoms with Crippen molar-refractivity contribution in [2.24, 2.45) is 0 Å². The maximum atomic E-state index is 12.0. The Morgan fingerprint density at radius 3 is 3.00 bits per heavy atom. The minimum absolute atomic E-state index is 0.0973. The van der Waals surface area contributed by atoms with Crippen LogP contribution in [0, 0.1) is 11.3 Å². The summed E-state index contributed by atoms with van der Waals surface area (Å²) in [5, 5.41) is 21.1. The number of rotatable bonds is 5. The topological polar surface area (TPSA) is 76.4 Å². The molecule has 1 atom stereocenters. The molecule has 2 N–H and O–H groups in total. The summed E-state index contributed by atoms with van der Waals surface area (Å²) in [6.45, 7) is 1.73. The highest BCUT2D eigenvalue weighted by atomic mass is 16.3. The fraction of sp³-hybridized carbons (Fsp3) is 0.500. The van der Waals surface area contributed by atoms with Gasteiger partial charge >= 0.3 is 0 Å². The van der Waals surface area contributed by atoms with Gasteiger partial charge < -0.3 is 10.4 Å². The number of nitrogens with one attached hydrogen (secondary N) is 1. The third-order valence-corrected chi connectivity index (χ3v) is 3.91. The van der Waals surface area contributed by atoms with E-state index in [4.69, 9.17) is 5.26 Å². The van der Waals surface area contributed by atoms with Gasteiger partial charge in [0.15, 0.2) is 0 Å². The molecule has 1 amide bonds. The Balaban J connectivity index is 1.86. The fourth-order valence-corrected chi connectivity index (χ4v) is 2.71. The Bertz CT molecular complexity index is 524. The van der Waals surface area contributed by atoms with Crippen molar-refractivity contribution in [2.45, 2.75) is 31.7 Å². The lowest BCUT2D eigenvalue weighted by Gasteiger charge is -2.34. The lowest BCUT2D eigenvalue weighted by molar-refractivity contribution is -0.116. The molecular formula is C16H21N3O2. The first-order valence-electron chi connectivity index (χ1n) is 7.38. The summed E-state index contributed by atoms with van der Waals surface area (Å²) in [6.07, 6.45) is 3.63. The molecule has 1 aromatic carbocycles. The van der Waals surface area contributed by atoms with Gasteiger partial charge in [-0.2, -0.15) is 5.26 Å². The molecule has 1 aliphatic heterocycles.